The molecule has 0 aliphatic rings. The van der Waals surface area contributed by atoms with E-state index < -0.39 is 4.92 Å². The van der Waals surface area contributed by atoms with E-state index in [9.17, 15) is 15.2 Å². The molecule has 0 saturated carbocycles. The van der Waals surface area contributed by atoms with E-state index in [2.05, 4.69) is 4.99 Å². The van der Waals surface area contributed by atoms with Crippen molar-refractivity contribution >= 4 is 39.5 Å². The molecule has 0 atom stereocenters. The highest BCUT2D eigenvalue weighted by Gasteiger charge is 2.07. The van der Waals surface area contributed by atoms with Gasteiger partial charge in [0.15, 0.2) is 0 Å². The number of nitro benzene ring substituents is 1. The summed E-state index contributed by atoms with van der Waals surface area (Å²) < 4.78 is 5.79. The van der Waals surface area contributed by atoms with Gasteiger partial charge in [-0.3, -0.25) is 15.1 Å². The first-order valence-electron chi connectivity index (χ1n) is 7.53. The summed E-state index contributed by atoms with van der Waals surface area (Å²) in [6, 6.07) is 16.8. The number of hydrogen-bond donors (Lipinski definition) is 0. The first-order chi connectivity index (χ1) is 12.1. The zero-order chi connectivity index (χ0) is 17.4. The minimum absolute atomic E-state index is 0.145. The van der Waals surface area contributed by atoms with Gasteiger partial charge in [-0.15, -0.1) is 0 Å². The monoisotopic (exact) mass is 331 g/mol. The van der Waals surface area contributed by atoms with E-state index in [-0.39, 0.29) is 17.0 Å². The molecule has 6 nitrogen and oxygen atoms in total. The Kier molecular flexibility index (Phi) is 3.43. The SMILES string of the molecule is O=[N+]([O-])c1ccc([O-])c(C=Nc2ccc3c(c2)oc2ccccc23)c1. The number of aliphatic imine (C=N–C) groups is 1. The van der Waals surface area contributed by atoms with Crippen molar-refractivity contribution < 1.29 is 14.4 Å². The number of nitrogens with zero attached hydrogens (tertiary/aromatic N) is 2. The van der Waals surface area contributed by atoms with Crippen LogP contribution in [0, 0.1) is 10.1 Å². The maximum atomic E-state index is 11.8. The first kappa shape index (κ1) is 14.9. The Hall–Kier alpha value is -3.67. The molecular formula is C19H11N2O4-. The molecule has 0 amide bonds. The topological polar surface area (TPSA) is 91.7 Å². The molecule has 1 aromatic heterocycles. The van der Waals surface area contributed by atoms with Gasteiger partial charge in [0.25, 0.3) is 5.69 Å². The number of hydrogen-bond acceptors (Lipinski definition) is 5. The van der Waals surface area contributed by atoms with E-state index in [4.69, 9.17) is 4.42 Å². The van der Waals surface area contributed by atoms with Crippen LogP contribution in [0.5, 0.6) is 5.75 Å². The lowest BCUT2D eigenvalue weighted by molar-refractivity contribution is -0.385. The van der Waals surface area contributed by atoms with Crippen LogP contribution in [0.25, 0.3) is 21.9 Å². The number of non-ortho nitro benzene ring substituents is 1. The predicted octanol–water partition coefficient (Wildman–Crippen LogP) is 4.32. The van der Waals surface area contributed by atoms with Crippen LogP contribution in [0.4, 0.5) is 11.4 Å². The van der Waals surface area contributed by atoms with Gasteiger partial charge in [0.1, 0.15) is 11.2 Å². The fraction of sp³-hybridized carbons (Fsp3) is 0. The summed E-state index contributed by atoms with van der Waals surface area (Å²) >= 11 is 0. The molecule has 0 aliphatic heterocycles. The Morgan fingerprint density at radius 3 is 2.60 bits per heavy atom. The molecule has 25 heavy (non-hydrogen) atoms. The molecule has 0 fully saturated rings. The smallest absolute Gasteiger partial charge is 0.270 e. The molecule has 0 aliphatic carbocycles. The number of rotatable bonds is 3. The predicted molar refractivity (Wildman–Crippen MR) is 93.5 cm³/mol. The van der Waals surface area contributed by atoms with E-state index in [1.807, 2.05) is 36.4 Å². The fourth-order valence-electron chi connectivity index (χ4n) is 2.69. The molecule has 0 saturated heterocycles. The van der Waals surface area contributed by atoms with Crippen molar-refractivity contribution in [2.24, 2.45) is 4.99 Å². The zero-order valence-electron chi connectivity index (χ0n) is 12.9. The summed E-state index contributed by atoms with van der Waals surface area (Å²) in [6.07, 6.45) is 1.33. The Balaban J connectivity index is 1.73. The second kappa shape index (κ2) is 5.76. The molecule has 0 bridgehead atoms. The van der Waals surface area contributed by atoms with Crippen LogP contribution in [0.1, 0.15) is 5.56 Å². The summed E-state index contributed by atoms with van der Waals surface area (Å²) in [5.74, 6) is -0.320. The molecule has 122 valence electrons. The van der Waals surface area contributed by atoms with Crippen LogP contribution in [0.15, 0.2) is 70.1 Å². The first-order valence-corrected chi connectivity index (χ1v) is 7.53. The van der Waals surface area contributed by atoms with Crippen LogP contribution in [0.3, 0.4) is 0 Å². The molecule has 4 aromatic rings. The second-order valence-electron chi connectivity index (χ2n) is 5.52. The van der Waals surface area contributed by atoms with E-state index in [0.717, 1.165) is 16.4 Å². The van der Waals surface area contributed by atoms with Gasteiger partial charge in [-0.25, -0.2) is 0 Å². The standard InChI is InChI=1S/C19H12N2O4/c22-17-8-6-14(21(23)24)9-12(17)11-20-13-5-7-16-15-3-1-2-4-18(15)25-19(16)10-13/h1-11,22H/p-1. The van der Waals surface area contributed by atoms with Gasteiger partial charge in [-0.05, 0) is 23.8 Å². The normalized spacial score (nSPS) is 11.5. The Bertz CT molecular complexity index is 1140. The van der Waals surface area contributed by atoms with Crippen LogP contribution in [-0.4, -0.2) is 11.1 Å². The van der Waals surface area contributed by atoms with Crippen LogP contribution < -0.4 is 5.11 Å². The van der Waals surface area contributed by atoms with Gasteiger partial charge >= 0.3 is 0 Å². The highest BCUT2D eigenvalue weighted by molar-refractivity contribution is 6.05. The average Bonchev–Trinajstić information content (AvgIpc) is 2.98. The van der Waals surface area contributed by atoms with Crippen molar-refractivity contribution in [3.63, 3.8) is 0 Å². The number of para-hydroxylation sites is 1. The minimum atomic E-state index is -0.544. The van der Waals surface area contributed by atoms with Crippen LogP contribution in [0.2, 0.25) is 0 Å². The van der Waals surface area contributed by atoms with Crippen molar-refractivity contribution in [1.29, 1.82) is 0 Å². The van der Waals surface area contributed by atoms with Crippen molar-refractivity contribution in [3.8, 4) is 5.75 Å². The lowest BCUT2D eigenvalue weighted by atomic mass is 10.1. The molecule has 6 heteroatoms. The van der Waals surface area contributed by atoms with Gasteiger partial charge in [0, 0.05) is 35.2 Å². The van der Waals surface area contributed by atoms with Gasteiger partial charge in [-0.1, -0.05) is 30.0 Å². The van der Waals surface area contributed by atoms with Crippen LogP contribution in [-0.2, 0) is 0 Å². The van der Waals surface area contributed by atoms with Crippen molar-refractivity contribution in [2.45, 2.75) is 0 Å². The van der Waals surface area contributed by atoms with Crippen molar-refractivity contribution in [2.75, 3.05) is 0 Å². The van der Waals surface area contributed by atoms with Crippen LogP contribution >= 0.6 is 0 Å². The van der Waals surface area contributed by atoms with E-state index >= 15 is 0 Å². The van der Waals surface area contributed by atoms with Gasteiger partial charge in [0.05, 0.1) is 10.6 Å². The summed E-state index contributed by atoms with van der Waals surface area (Å²) in [6.45, 7) is 0. The quantitative estimate of drug-likeness (QED) is 0.317. The van der Waals surface area contributed by atoms with Gasteiger partial charge in [0.2, 0.25) is 0 Å². The number of fused-ring (bicyclic) bond motifs is 3. The van der Waals surface area contributed by atoms with E-state index in [0.29, 0.717) is 11.3 Å². The third-order valence-electron chi connectivity index (χ3n) is 3.92. The summed E-state index contributed by atoms with van der Waals surface area (Å²) in [7, 11) is 0. The lowest BCUT2D eigenvalue weighted by Crippen LogP contribution is -1.98. The van der Waals surface area contributed by atoms with Crippen molar-refractivity contribution in [1.82, 2.24) is 0 Å². The third-order valence-corrected chi connectivity index (χ3v) is 3.92. The van der Waals surface area contributed by atoms with Gasteiger partial charge < -0.3 is 9.52 Å². The minimum Gasteiger partial charge on any atom is -0.872 e. The maximum Gasteiger partial charge on any atom is 0.270 e. The highest BCUT2D eigenvalue weighted by Crippen LogP contribution is 2.31. The van der Waals surface area contributed by atoms with Crippen molar-refractivity contribution in [3.05, 3.63) is 76.3 Å². The highest BCUT2D eigenvalue weighted by atomic mass is 16.6. The number of benzene rings is 3. The molecule has 0 N–H and O–H groups in total. The number of furan rings is 1. The zero-order valence-corrected chi connectivity index (χ0v) is 12.9. The Morgan fingerprint density at radius 1 is 0.960 bits per heavy atom. The molecule has 4 rings (SSSR count). The Labute approximate surface area is 141 Å². The molecular weight excluding hydrogens is 320 g/mol. The Morgan fingerprint density at radius 2 is 1.76 bits per heavy atom. The molecule has 0 spiro atoms. The lowest BCUT2D eigenvalue weighted by Gasteiger charge is -2.08. The summed E-state index contributed by atoms with van der Waals surface area (Å²) in [5, 5.41) is 24.6. The average molecular weight is 331 g/mol. The van der Waals surface area contributed by atoms with E-state index in [1.165, 1.54) is 24.4 Å². The third kappa shape index (κ3) is 2.70. The molecule has 1 heterocycles. The second-order valence-corrected chi connectivity index (χ2v) is 5.52. The largest absolute Gasteiger partial charge is 0.872 e. The fourth-order valence-corrected chi connectivity index (χ4v) is 2.69. The number of nitro groups is 1. The summed E-state index contributed by atoms with van der Waals surface area (Å²) in [4.78, 5) is 14.5. The van der Waals surface area contributed by atoms with Gasteiger partial charge in [-0.2, -0.15) is 0 Å². The maximum absolute atomic E-state index is 11.8. The summed E-state index contributed by atoms with van der Waals surface area (Å²) in [5.41, 5.74) is 2.10. The molecule has 0 radical (unpaired) electrons. The molecule has 3 aromatic carbocycles. The molecule has 0 unspecified atom stereocenters. The van der Waals surface area contributed by atoms with E-state index in [1.54, 1.807) is 6.07 Å².